The fraction of sp³-hybridized carbons (Fsp3) is 0.357. The lowest BCUT2D eigenvalue weighted by atomic mass is 10.1. The Labute approximate surface area is 121 Å². The number of carbonyl (C=O) groups excluding carboxylic acids is 1. The van der Waals surface area contributed by atoms with Crippen LogP contribution in [0.1, 0.15) is 12.5 Å². The normalized spacial score (nSPS) is 13.7. The molecule has 1 unspecified atom stereocenters. The molecule has 0 bridgehead atoms. The number of nitrogens with one attached hydrogen (secondary N) is 2. The Morgan fingerprint density at radius 3 is 2.71 bits per heavy atom. The molecule has 0 aliphatic rings. The van der Waals surface area contributed by atoms with Gasteiger partial charge in [-0.1, -0.05) is 12.1 Å². The Bertz CT molecular complexity index is 501. The van der Waals surface area contributed by atoms with Gasteiger partial charge in [-0.3, -0.25) is 10.1 Å². The number of benzene rings is 1. The van der Waals surface area contributed by atoms with Crippen molar-refractivity contribution in [3.63, 3.8) is 0 Å². The molecule has 0 spiro atoms. The van der Waals surface area contributed by atoms with Crippen molar-refractivity contribution in [3.05, 3.63) is 35.9 Å². The highest BCUT2D eigenvalue weighted by atomic mass is 19.4. The fourth-order valence-corrected chi connectivity index (χ4v) is 1.63. The summed E-state index contributed by atoms with van der Waals surface area (Å²) in [5, 5.41) is 5.41. The summed E-state index contributed by atoms with van der Waals surface area (Å²) in [5.74, 6) is 0.141. The van der Waals surface area contributed by atoms with E-state index in [2.05, 4.69) is 10.6 Å². The molecule has 2 N–H and O–H groups in total. The minimum atomic E-state index is -4.37. The van der Waals surface area contributed by atoms with Crippen LogP contribution in [0.15, 0.2) is 30.3 Å². The summed E-state index contributed by atoms with van der Waals surface area (Å²) >= 11 is 0. The Hall–Kier alpha value is -2.02. The summed E-state index contributed by atoms with van der Waals surface area (Å²) in [5.41, 5.74) is 1.50. The number of allylic oxidation sites excluding steroid dienone is 1. The largest absolute Gasteiger partial charge is 0.484 e. The van der Waals surface area contributed by atoms with Crippen LogP contribution in [0.5, 0.6) is 5.75 Å². The number of ether oxygens (including phenoxy) is 1. The van der Waals surface area contributed by atoms with Gasteiger partial charge in [0.15, 0.2) is 6.61 Å². The van der Waals surface area contributed by atoms with Crippen LogP contribution >= 0.6 is 0 Å². The first kappa shape index (κ1) is 17.0. The minimum absolute atomic E-state index is 0.141. The maximum absolute atomic E-state index is 12.1. The highest BCUT2D eigenvalue weighted by Crippen LogP contribution is 2.22. The molecule has 1 amide bonds. The summed E-state index contributed by atoms with van der Waals surface area (Å²) in [6.45, 7) is 0.463. The first-order valence-electron chi connectivity index (χ1n) is 6.21. The topological polar surface area (TPSA) is 50.4 Å². The maximum Gasteiger partial charge on any atom is 0.422 e. The third-order valence-corrected chi connectivity index (χ3v) is 2.67. The lowest BCUT2D eigenvalue weighted by molar-refractivity contribution is -0.153. The standard InChI is InChI=1S/C14H17F3N2O2/c1-10(6-13(18-2)19-9-20)11-4-3-5-12(7-11)21-8-14(15,16)17/h3-7,9,13,18H,8H2,1-2H3,(H,19,20)/b10-6+. The SMILES string of the molecule is CNC(/C=C(\C)c1cccc(OCC(F)(F)F)c1)NC=O. The zero-order valence-corrected chi connectivity index (χ0v) is 11.7. The number of rotatable bonds is 7. The molecule has 116 valence electrons. The predicted octanol–water partition coefficient (Wildman–Crippen LogP) is 2.32. The van der Waals surface area contributed by atoms with Crippen LogP contribution in [-0.2, 0) is 4.79 Å². The lowest BCUT2D eigenvalue weighted by Crippen LogP contribution is -2.37. The first-order valence-corrected chi connectivity index (χ1v) is 6.21. The van der Waals surface area contributed by atoms with Crippen LogP contribution in [0.2, 0.25) is 0 Å². The van der Waals surface area contributed by atoms with Gasteiger partial charge in [0, 0.05) is 0 Å². The van der Waals surface area contributed by atoms with Crippen molar-refractivity contribution < 1.29 is 22.7 Å². The second-order valence-electron chi connectivity index (χ2n) is 4.33. The van der Waals surface area contributed by atoms with Gasteiger partial charge < -0.3 is 10.1 Å². The number of carbonyl (C=O) groups is 1. The zero-order valence-electron chi connectivity index (χ0n) is 11.7. The Morgan fingerprint density at radius 2 is 2.14 bits per heavy atom. The Morgan fingerprint density at radius 1 is 1.43 bits per heavy atom. The third kappa shape index (κ3) is 6.31. The molecule has 0 aliphatic carbocycles. The van der Waals surface area contributed by atoms with Gasteiger partial charge in [-0.2, -0.15) is 13.2 Å². The molecule has 21 heavy (non-hydrogen) atoms. The van der Waals surface area contributed by atoms with Gasteiger partial charge in [-0.05, 0) is 43.3 Å². The molecule has 1 rings (SSSR count). The lowest BCUT2D eigenvalue weighted by Gasteiger charge is -2.13. The van der Waals surface area contributed by atoms with Crippen LogP contribution in [0, 0.1) is 0 Å². The molecule has 1 aromatic rings. The summed E-state index contributed by atoms with van der Waals surface area (Å²) < 4.78 is 41.1. The van der Waals surface area contributed by atoms with Crippen LogP contribution in [-0.4, -0.2) is 32.4 Å². The number of halogens is 3. The van der Waals surface area contributed by atoms with Crippen molar-refractivity contribution in [2.24, 2.45) is 0 Å². The second-order valence-corrected chi connectivity index (χ2v) is 4.33. The van der Waals surface area contributed by atoms with E-state index in [1.165, 1.54) is 12.1 Å². The van der Waals surface area contributed by atoms with Gasteiger partial charge in [0.1, 0.15) is 5.75 Å². The van der Waals surface area contributed by atoms with Crippen molar-refractivity contribution in [2.75, 3.05) is 13.7 Å². The van der Waals surface area contributed by atoms with E-state index in [0.717, 1.165) is 5.57 Å². The summed E-state index contributed by atoms with van der Waals surface area (Å²) in [7, 11) is 1.67. The summed E-state index contributed by atoms with van der Waals surface area (Å²) in [6, 6.07) is 6.34. The molecule has 0 radical (unpaired) electrons. The van der Waals surface area contributed by atoms with Crippen molar-refractivity contribution in [1.82, 2.24) is 10.6 Å². The van der Waals surface area contributed by atoms with Gasteiger partial charge in [0.25, 0.3) is 0 Å². The monoisotopic (exact) mass is 302 g/mol. The van der Waals surface area contributed by atoms with E-state index in [9.17, 15) is 18.0 Å². The minimum Gasteiger partial charge on any atom is -0.484 e. The number of alkyl halides is 3. The van der Waals surface area contributed by atoms with E-state index in [1.54, 1.807) is 32.2 Å². The van der Waals surface area contributed by atoms with Crippen LogP contribution in [0.4, 0.5) is 13.2 Å². The predicted molar refractivity (Wildman–Crippen MR) is 73.7 cm³/mol. The fourth-order valence-electron chi connectivity index (χ4n) is 1.63. The van der Waals surface area contributed by atoms with Gasteiger partial charge >= 0.3 is 6.18 Å². The third-order valence-electron chi connectivity index (χ3n) is 2.67. The van der Waals surface area contributed by atoms with Crippen molar-refractivity contribution in [3.8, 4) is 5.75 Å². The molecule has 1 atom stereocenters. The number of hydrogen-bond donors (Lipinski definition) is 2. The Kier molecular flexibility index (Phi) is 6.23. The first-order chi connectivity index (χ1) is 9.85. The summed E-state index contributed by atoms with van der Waals surface area (Å²) in [4.78, 5) is 10.4. The van der Waals surface area contributed by atoms with E-state index < -0.39 is 12.8 Å². The Balaban J connectivity index is 2.83. The molecule has 7 heteroatoms. The molecule has 0 fully saturated rings. The molecular formula is C14H17F3N2O2. The van der Waals surface area contributed by atoms with Gasteiger partial charge in [-0.15, -0.1) is 0 Å². The molecule has 1 aromatic carbocycles. The van der Waals surface area contributed by atoms with Crippen LogP contribution in [0.3, 0.4) is 0 Å². The van der Waals surface area contributed by atoms with E-state index in [1.807, 2.05) is 0 Å². The summed E-state index contributed by atoms with van der Waals surface area (Å²) in [6.07, 6.45) is -2.42. The van der Waals surface area contributed by atoms with Gasteiger partial charge in [0.05, 0.1) is 6.17 Å². The molecular weight excluding hydrogens is 285 g/mol. The molecule has 0 saturated heterocycles. The highest BCUT2D eigenvalue weighted by Gasteiger charge is 2.28. The smallest absolute Gasteiger partial charge is 0.422 e. The molecule has 0 aromatic heterocycles. The van der Waals surface area contributed by atoms with Crippen LogP contribution in [0.25, 0.3) is 5.57 Å². The maximum atomic E-state index is 12.1. The van der Waals surface area contributed by atoms with Crippen molar-refractivity contribution in [1.29, 1.82) is 0 Å². The van der Waals surface area contributed by atoms with E-state index in [4.69, 9.17) is 4.74 Å². The second kappa shape index (κ2) is 7.68. The van der Waals surface area contributed by atoms with Crippen molar-refractivity contribution in [2.45, 2.75) is 19.3 Å². The van der Waals surface area contributed by atoms with Crippen molar-refractivity contribution >= 4 is 12.0 Å². The molecule has 0 saturated carbocycles. The van der Waals surface area contributed by atoms with E-state index >= 15 is 0 Å². The highest BCUT2D eigenvalue weighted by molar-refractivity contribution is 5.66. The zero-order chi connectivity index (χ0) is 15.9. The number of likely N-dealkylation sites (N-methyl/N-ethyl adjacent to an activating group) is 1. The molecule has 4 nitrogen and oxygen atoms in total. The quantitative estimate of drug-likeness (QED) is 0.600. The van der Waals surface area contributed by atoms with E-state index in [-0.39, 0.29) is 11.9 Å². The molecule has 0 heterocycles. The average Bonchev–Trinajstić information content (AvgIpc) is 2.44. The number of hydrogen-bond acceptors (Lipinski definition) is 3. The average molecular weight is 302 g/mol. The van der Waals surface area contributed by atoms with E-state index in [0.29, 0.717) is 12.0 Å². The molecule has 0 aliphatic heterocycles. The van der Waals surface area contributed by atoms with Gasteiger partial charge in [0.2, 0.25) is 6.41 Å². The van der Waals surface area contributed by atoms with Gasteiger partial charge in [-0.25, -0.2) is 0 Å². The van der Waals surface area contributed by atoms with Crippen LogP contribution < -0.4 is 15.4 Å². The number of amides is 1.